The van der Waals surface area contributed by atoms with E-state index in [1.807, 2.05) is 24.3 Å². The Hall–Kier alpha value is -6.23. The van der Waals surface area contributed by atoms with Crippen molar-refractivity contribution in [2.75, 3.05) is 45.5 Å². The van der Waals surface area contributed by atoms with Crippen LogP contribution in [0.15, 0.2) is 124 Å². The zero-order valence-corrected chi connectivity index (χ0v) is 39.0. The number of ketones is 2. The van der Waals surface area contributed by atoms with E-state index in [1.165, 1.54) is 54.6 Å². The fourth-order valence-electron chi connectivity index (χ4n) is 5.93. The van der Waals surface area contributed by atoms with E-state index in [1.54, 1.807) is 24.3 Å². The van der Waals surface area contributed by atoms with Crippen LogP contribution in [0.4, 0.5) is 34.1 Å². The van der Waals surface area contributed by atoms with Crippen LogP contribution in [0.3, 0.4) is 0 Å². The van der Waals surface area contributed by atoms with E-state index in [0.29, 0.717) is 36.0 Å². The van der Waals surface area contributed by atoms with Gasteiger partial charge in [0.25, 0.3) is 23.6 Å². The molecule has 0 aliphatic carbocycles. The van der Waals surface area contributed by atoms with Crippen LogP contribution in [0.5, 0.6) is 5.75 Å². The first-order valence-electron chi connectivity index (χ1n) is 20.0. The summed E-state index contributed by atoms with van der Waals surface area (Å²) in [6, 6.07) is 23.7. The van der Waals surface area contributed by atoms with E-state index < -0.39 is 47.3 Å². The summed E-state index contributed by atoms with van der Waals surface area (Å²) in [5, 5.41) is 27.1. The van der Waals surface area contributed by atoms with Gasteiger partial charge in [-0.2, -0.15) is 20.5 Å². The highest BCUT2D eigenvalue weighted by Gasteiger charge is 2.26. The van der Waals surface area contributed by atoms with Crippen LogP contribution in [-0.2, 0) is 32.0 Å². The normalized spacial score (nSPS) is 12.0. The highest BCUT2D eigenvalue weighted by molar-refractivity contribution is 6.31. The first-order valence-corrected chi connectivity index (χ1v) is 22.3. The van der Waals surface area contributed by atoms with Crippen LogP contribution in [0.2, 0.25) is 10.0 Å². The average Bonchev–Trinajstić information content (AvgIpc) is 3.27. The predicted molar refractivity (Wildman–Crippen MR) is 258 cm³/mol. The first kappa shape index (κ1) is 50.8. The molecule has 0 saturated carbocycles. The number of hydrogen-bond donors (Lipinski definition) is 4. The number of Topliss-reactive ketones (excluding diaryl/α,β-unsaturated/α-hetero) is 2. The molecular weight excluding hydrogens is 954 g/mol. The molecule has 342 valence electrons. The van der Waals surface area contributed by atoms with E-state index in [0.717, 1.165) is 25.0 Å². The number of nitrogens with zero attached hydrogens (tertiary/aromatic N) is 4. The van der Waals surface area contributed by atoms with Gasteiger partial charge in [-0.1, -0.05) is 47.5 Å². The Kier molecular flexibility index (Phi) is 19.1. The van der Waals surface area contributed by atoms with Gasteiger partial charge in [-0.3, -0.25) is 28.8 Å². The lowest BCUT2D eigenvalue weighted by Crippen LogP contribution is -2.32. The lowest BCUT2D eigenvalue weighted by Gasteiger charge is -2.16. The minimum Gasteiger partial charge on any atom is -0.490 e. The average molecular weight is 995 g/mol. The Labute approximate surface area is 404 Å². The van der Waals surface area contributed by atoms with Crippen molar-refractivity contribution in [2.24, 2.45) is 20.5 Å². The number of azo groups is 2. The van der Waals surface area contributed by atoms with Crippen LogP contribution in [0.25, 0.3) is 0 Å². The van der Waals surface area contributed by atoms with Gasteiger partial charge in [0.15, 0.2) is 11.6 Å². The van der Waals surface area contributed by atoms with Crippen molar-refractivity contribution in [1.82, 2.24) is 0 Å². The minimum absolute atomic E-state index is 0.0214. The number of halogens is 5. The van der Waals surface area contributed by atoms with Crippen LogP contribution in [0, 0.1) is 0 Å². The molecule has 0 saturated heterocycles. The van der Waals surface area contributed by atoms with E-state index in [4.69, 9.17) is 62.7 Å². The number of ether oxygens (including phenoxy) is 1. The van der Waals surface area contributed by atoms with Gasteiger partial charge in [-0.15, -0.1) is 34.8 Å². The Bertz CT molecular complexity index is 2650. The maximum Gasteiger partial charge on any atom is 0.258 e. The van der Waals surface area contributed by atoms with E-state index in [-0.39, 0.29) is 62.2 Å². The fraction of sp³-hybridized carbons (Fsp3) is 0.217. The second-order valence-electron chi connectivity index (χ2n) is 14.3. The second kappa shape index (κ2) is 24.9. The highest BCUT2D eigenvalue weighted by Crippen LogP contribution is 2.30. The number of anilines is 4. The predicted octanol–water partition coefficient (Wildman–Crippen LogP) is 11.0. The maximum absolute atomic E-state index is 13.5. The molecular formula is C46H41Cl5N8O7. The summed E-state index contributed by atoms with van der Waals surface area (Å²) in [4.78, 5) is 78.3. The molecule has 5 rings (SSSR count). The minimum atomic E-state index is -1.64. The summed E-state index contributed by atoms with van der Waals surface area (Å²) in [6.07, 6.45) is 1.36. The van der Waals surface area contributed by atoms with E-state index in [2.05, 4.69) is 41.7 Å². The quantitative estimate of drug-likeness (QED) is 0.0317. The molecule has 4 N–H and O–H groups in total. The van der Waals surface area contributed by atoms with Crippen molar-refractivity contribution in [2.45, 2.75) is 38.8 Å². The third-order valence-corrected chi connectivity index (χ3v) is 10.1. The highest BCUT2D eigenvalue weighted by atomic mass is 35.5. The molecule has 0 heterocycles. The molecule has 0 fully saturated rings. The summed E-state index contributed by atoms with van der Waals surface area (Å²) >= 11 is 30.1. The molecule has 20 heteroatoms. The number of amides is 4. The molecule has 66 heavy (non-hydrogen) atoms. The number of nitrogens with one attached hydrogen (secondary N) is 4. The van der Waals surface area contributed by atoms with Crippen molar-refractivity contribution in [1.29, 1.82) is 0 Å². The Balaban J connectivity index is 1.27. The first-order chi connectivity index (χ1) is 31.6. The SMILES string of the molecule is CC(=O)C(N=Nc1cc(Cl)cc(C(=O)Nc2ccc(CCCl)cc2)c1)C(=O)Nc1ccc(NC(=O)C(N=Nc2cc(Cl)cc(C(=O)Nc3ccc(CCCl)cc3)c2)C(C)=O)c(OCCCl)c1. The molecule has 0 aromatic heterocycles. The van der Waals surface area contributed by atoms with Crippen LogP contribution in [-0.4, -0.2) is 71.5 Å². The summed E-state index contributed by atoms with van der Waals surface area (Å²) in [5.41, 5.74) is 3.81. The number of aryl methyl sites for hydroxylation is 2. The molecule has 0 radical (unpaired) electrons. The van der Waals surface area contributed by atoms with Crippen molar-refractivity contribution in [3.8, 4) is 5.75 Å². The standard InChI is InChI=1S/C46H41Cl5N8O7/c1-26(60)41(58-56-37-21-30(19-32(50)23-37)43(62)52-34-7-3-28(4-8-34)13-15-47)45(64)54-36-11-12-39(40(25-36)66-18-17-49)55-46(65)42(27(2)61)59-57-38-22-31(20-33(51)24-38)44(63)53-35-9-5-29(6-10-35)14-16-48/h3-12,19-25,41-42H,13-18H2,1-2H3,(H,52,62)(H,53,63)(H,54,64)(H,55,65). The molecule has 2 unspecified atom stereocenters. The molecule has 5 aromatic rings. The third-order valence-electron chi connectivity index (χ3n) is 9.17. The lowest BCUT2D eigenvalue weighted by atomic mass is 10.1. The van der Waals surface area contributed by atoms with Gasteiger partial charge in [0.05, 0.1) is 22.9 Å². The van der Waals surface area contributed by atoms with E-state index in [9.17, 15) is 28.8 Å². The third kappa shape index (κ3) is 15.2. The van der Waals surface area contributed by atoms with Gasteiger partial charge in [-0.25, -0.2) is 0 Å². The zero-order chi connectivity index (χ0) is 47.8. The topological polar surface area (TPSA) is 209 Å². The molecule has 15 nitrogen and oxygen atoms in total. The summed E-state index contributed by atoms with van der Waals surface area (Å²) in [7, 11) is 0. The van der Waals surface area contributed by atoms with Gasteiger partial charge in [0, 0.05) is 56.1 Å². The second-order valence-corrected chi connectivity index (χ2v) is 16.3. The van der Waals surface area contributed by atoms with E-state index >= 15 is 0 Å². The number of carbonyl (C=O) groups excluding carboxylic acids is 6. The molecule has 0 bridgehead atoms. The molecule has 5 aromatic carbocycles. The molecule has 0 spiro atoms. The summed E-state index contributed by atoms with van der Waals surface area (Å²) in [5.74, 6) is -3.00. The van der Waals surface area contributed by atoms with Gasteiger partial charge >= 0.3 is 0 Å². The van der Waals surface area contributed by atoms with Crippen LogP contribution in [0.1, 0.15) is 45.7 Å². The number of rotatable bonds is 21. The monoisotopic (exact) mass is 992 g/mol. The molecule has 4 amide bonds. The van der Waals surface area contributed by atoms with Crippen molar-refractivity contribution >= 4 is 127 Å². The molecule has 2 atom stereocenters. The Morgan fingerprint density at radius 2 is 0.970 bits per heavy atom. The Morgan fingerprint density at radius 3 is 1.39 bits per heavy atom. The van der Waals surface area contributed by atoms with Crippen molar-refractivity contribution in [3.05, 3.63) is 135 Å². The summed E-state index contributed by atoms with van der Waals surface area (Å²) < 4.78 is 5.74. The van der Waals surface area contributed by atoms with Gasteiger partial charge < -0.3 is 26.0 Å². The molecule has 0 aliphatic rings. The van der Waals surface area contributed by atoms with Gasteiger partial charge in [0.2, 0.25) is 12.1 Å². The zero-order valence-electron chi connectivity index (χ0n) is 35.2. The maximum atomic E-state index is 13.5. The Morgan fingerprint density at radius 1 is 0.530 bits per heavy atom. The summed E-state index contributed by atoms with van der Waals surface area (Å²) in [6.45, 7) is 2.28. The van der Waals surface area contributed by atoms with Crippen molar-refractivity contribution in [3.63, 3.8) is 0 Å². The van der Waals surface area contributed by atoms with Gasteiger partial charge in [0.1, 0.15) is 12.4 Å². The number of benzene rings is 5. The number of hydrogen-bond acceptors (Lipinski definition) is 11. The molecule has 0 aliphatic heterocycles. The number of alkyl halides is 3. The van der Waals surface area contributed by atoms with Crippen molar-refractivity contribution < 1.29 is 33.5 Å². The van der Waals surface area contributed by atoms with Crippen LogP contribution >= 0.6 is 58.0 Å². The van der Waals surface area contributed by atoms with Gasteiger partial charge in [-0.05, 0) is 111 Å². The largest absolute Gasteiger partial charge is 0.490 e. The number of carbonyl (C=O) groups is 6. The lowest BCUT2D eigenvalue weighted by molar-refractivity contribution is -0.127. The van der Waals surface area contributed by atoms with Crippen LogP contribution < -0.4 is 26.0 Å². The smallest absolute Gasteiger partial charge is 0.258 e. The fourth-order valence-corrected chi connectivity index (χ4v) is 6.90.